The first kappa shape index (κ1) is 11.1. The quantitative estimate of drug-likeness (QED) is 0.827. The summed E-state index contributed by atoms with van der Waals surface area (Å²) in [6, 6.07) is 7.88. The summed E-state index contributed by atoms with van der Waals surface area (Å²) in [5.41, 5.74) is 1.02. The van der Waals surface area contributed by atoms with E-state index in [9.17, 15) is 4.39 Å². The molecule has 4 heteroatoms. The van der Waals surface area contributed by atoms with Gasteiger partial charge in [0.1, 0.15) is 17.4 Å². The van der Waals surface area contributed by atoms with Crippen molar-refractivity contribution in [2.24, 2.45) is 0 Å². The van der Waals surface area contributed by atoms with Gasteiger partial charge in [0, 0.05) is 18.1 Å². The van der Waals surface area contributed by atoms with Crippen LogP contribution in [0.15, 0.2) is 30.3 Å². The second-order valence-electron chi connectivity index (χ2n) is 4.51. The summed E-state index contributed by atoms with van der Waals surface area (Å²) in [5, 5.41) is 0. The summed E-state index contributed by atoms with van der Waals surface area (Å²) in [6.45, 7) is 1.84. The molecule has 1 aromatic carbocycles. The summed E-state index contributed by atoms with van der Waals surface area (Å²) in [6.07, 6.45) is 2.35. The fraction of sp³-hybridized carbons (Fsp3) is 0.286. The zero-order chi connectivity index (χ0) is 12.5. The van der Waals surface area contributed by atoms with Crippen LogP contribution in [-0.2, 0) is 0 Å². The molecular formula is C14H13FN2O. The van der Waals surface area contributed by atoms with Crippen LogP contribution in [0.4, 0.5) is 4.39 Å². The van der Waals surface area contributed by atoms with Crippen molar-refractivity contribution in [1.29, 1.82) is 0 Å². The summed E-state index contributed by atoms with van der Waals surface area (Å²) < 4.78 is 18.6. The number of rotatable bonds is 3. The van der Waals surface area contributed by atoms with Crippen molar-refractivity contribution >= 4 is 0 Å². The topological polar surface area (TPSA) is 35.0 Å². The number of hydrogen-bond acceptors (Lipinski definition) is 3. The zero-order valence-corrected chi connectivity index (χ0v) is 10.1. The van der Waals surface area contributed by atoms with Crippen molar-refractivity contribution in [2.75, 3.05) is 0 Å². The molecule has 0 atom stereocenters. The van der Waals surface area contributed by atoms with Crippen molar-refractivity contribution in [3.8, 4) is 11.6 Å². The molecule has 0 radical (unpaired) electrons. The molecule has 3 rings (SSSR count). The molecule has 18 heavy (non-hydrogen) atoms. The minimum absolute atomic E-state index is 0.319. The highest BCUT2D eigenvalue weighted by Crippen LogP contribution is 2.40. The van der Waals surface area contributed by atoms with E-state index >= 15 is 0 Å². The van der Waals surface area contributed by atoms with Gasteiger partial charge in [0.15, 0.2) is 0 Å². The Balaban J connectivity index is 1.87. The average Bonchev–Trinajstić information content (AvgIpc) is 3.11. The SMILES string of the molecule is Cc1nc(Oc2cccc(F)c2)cc(C2CC2)n1. The molecule has 1 aliphatic carbocycles. The van der Waals surface area contributed by atoms with Gasteiger partial charge in [0.05, 0.1) is 5.69 Å². The monoisotopic (exact) mass is 244 g/mol. The number of benzene rings is 1. The Morgan fingerprint density at radius 1 is 1.22 bits per heavy atom. The van der Waals surface area contributed by atoms with Crippen molar-refractivity contribution in [3.63, 3.8) is 0 Å². The molecule has 0 spiro atoms. The Labute approximate surface area is 105 Å². The first-order chi connectivity index (χ1) is 8.70. The molecule has 0 N–H and O–H groups in total. The highest BCUT2D eigenvalue weighted by molar-refractivity contribution is 5.29. The van der Waals surface area contributed by atoms with E-state index in [1.807, 2.05) is 13.0 Å². The van der Waals surface area contributed by atoms with E-state index in [4.69, 9.17) is 4.74 Å². The van der Waals surface area contributed by atoms with Crippen LogP contribution in [0.3, 0.4) is 0 Å². The molecule has 1 aromatic heterocycles. The van der Waals surface area contributed by atoms with Gasteiger partial charge in [-0.15, -0.1) is 0 Å². The fourth-order valence-corrected chi connectivity index (χ4v) is 1.85. The second-order valence-corrected chi connectivity index (χ2v) is 4.51. The number of nitrogens with zero attached hydrogens (tertiary/aromatic N) is 2. The summed E-state index contributed by atoms with van der Waals surface area (Å²) in [4.78, 5) is 8.60. The van der Waals surface area contributed by atoms with E-state index in [2.05, 4.69) is 9.97 Å². The van der Waals surface area contributed by atoms with E-state index in [1.165, 1.54) is 25.0 Å². The smallest absolute Gasteiger partial charge is 0.222 e. The summed E-state index contributed by atoms with van der Waals surface area (Å²) in [7, 11) is 0. The lowest BCUT2D eigenvalue weighted by Gasteiger charge is -2.07. The Kier molecular flexibility index (Phi) is 2.70. The number of halogens is 1. The molecule has 2 aromatic rings. The van der Waals surface area contributed by atoms with Gasteiger partial charge in [-0.05, 0) is 31.9 Å². The Morgan fingerprint density at radius 2 is 2.06 bits per heavy atom. The molecule has 0 amide bonds. The van der Waals surface area contributed by atoms with E-state index in [1.54, 1.807) is 12.1 Å². The molecular weight excluding hydrogens is 231 g/mol. The van der Waals surface area contributed by atoms with Gasteiger partial charge in [-0.25, -0.2) is 9.37 Å². The lowest BCUT2D eigenvalue weighted by atomic mass is 10.3. The van der Waals surface area contributed by atoms with Crippen LogP contribution < -0.4 is 4.74 Å². The maximum Gasteiger partial charge on any atom is 0.222 e. The highest BCUT2D eigenvalue weighted by Gasteiger charge is 2.26. The van der Waals surface area contributed by atoms with Crippen LogP contribution in [-0.4, -0.2) is 9.97 Å². The standard InChI is InChI=1S/C14H13FN2O/c1-9-16-13(10-5-6-10)8-14(17-9)18-12-4-2-3-11(15)7-12/h2-4,7-8,10H,5-6H2,1H3. The third kappa shape index (κ3) is 2.47. The first-order valence-corrected chi connectivity index (χ1v) is 6.00. The van der Waals surface area contributed by atoms with Gasteiger partial charge in [-0.3, -0.25) is 0 Å². The lowest BCUT2D eigenvalue weighted by molar-refractivity contribution is 0.454. The number of aromatic nitrogens is 2. The third-order valence-corrected chi connectivity index (χ3v) is 2.85. The van der Waals surface area contributed by atoms with Gasteiger partial charge < -0.3 is 4.74 Å². The Bertz CT molecular complexity index is 582. The molecule has 0 bridgehead atoms. The van der Waals surface area contributed by atoms with Crippen LogP contribution in [0.5, 0.6) is 11.6 Å². The van der Waals surface area contributed by atoms with Gasteiger partial charge in [0.2, 0.25) is 5.88 Å². The van der Waals surface area contributed by atoms with Crippen LogP contribution >= 0.6 is 0 Å². The lowest BCUT2D eigenvalue weighted by Crippen LogP contribution is -1.97. The van der Waals surface area contributed by atoms with Crippen molar-refractivity contribution in [2.45, 2.75) is 25.7 Å². The average molecular weight is 244 g/mol. The minimum atomic E-state index is -0.319. The minimum Gasteiger partial charge on any atom is -0.439 e. The van der Waals surface area contributed by atoms with Crippen LogP contribution in [0.2, 0.25) is 0 Å². The van der Waals surface area contributed by atoms with Crippen molar-refractivity contribution < 1.29 is 9.13 Å². The predicted molar refractivity (Wildman–Crippen MR) is 65.2 cm³/mol. The van der Waals surface area contributed by atoms with E-state index < -0.39 is 0 Å². The maximum absolute atomic E-state index is 13.1. The van der Waals surface area contributed by atoms with Gasteiger partial charge in [-0.2, -0.15) is 4.98 Å². The predicted octanol–water partition coefficient (Wildman–Crippen LogP) is 3.59. The van der Waals surface area contributed by atoms with E-state index in [-0.39, 0.29) is 5.82 Å². The number of hydrogen-bond donors (Lipinski definition) is 0. The molecule has 1 heterocycles. The van der Waals surface area contributed by atoms with Gasteiger partial charge >= 0.3 is 0 Å². The summed E-state index contributed by atoms with van der Waals surface area (Å²) in [5.74, 6) is 1.85. The molecule has 0 unspecified atom stereocenters. The normalized spacial score (nSPS) is 14.6. The fourth-order valence-electron chi connectivity index (χ4n) is 1.85. The van der Waals surface area contributed by atoms with E-state index in [0.717, 1.165) is 5.69 Å². The molecule has 3 nitrogen and oxygen atoms in total. The highest BCUT2D eigenvalue weighted by atomic mass is 19.1. The molecule has 0 saturated heterocycles. The molecule has 92 valence electrons. The summed E-state index contributed by atoms with van der Waals surface area (Å²) >= 11 is 0. The van der Waals surface area contributed by atoms with Crippen LogP contribution in [0.1, 0.15) is 30.3 Å². The molecule has 1 aliphatic rings. The first-order valence-electron chi connectivity index (χ1n) is 6.00. The van der Waals surface area contributed by atoms with Crippen LogP contribution in [0, 0.1) is 12.7 Å². The van der Waals surface area contributed by atoms with Crippen LogP contribution in [0.25, 0.3) is 0 Å². The van der Waals surface area contributed by atoms with Gasteiger partial charge in [-0.1, -0.05) is 6.07 Å². The Morgan fingerprint density at radius 3 is 2.78 bits per heavy atom. The molecule has 1 saturated carbocycles. The van der Waals surface area contributed by atoms with Crippen molar-refractivity contribution in [1.82, 2.24) is 9.97 Å². The van der Waals surface area contributed by atoms with E-state index in [0.29, 0.717) is 23.4 Å². The molecule has 0 aliphatic heterocycles. The largest absolute Gasteiger partial charge is 0.439 e. The Hall–Kier alpha value is -1.97. The third-order valence-electron chi connectivity index (χ3n) is 2.85. The maximum atomic E-state index is 13.1. The number of ether oxygens (including phenoxy) is 1. The second kappa shape index (κ2) is 4.37. The molecule has 1 fully saturated rings. The van der Waals surface area contributed by atoms with Crippen molar-refractivity contribution in [3.05, 3.63) is 47.7 Å². The number of aryl methyl sites for hydroxylation is 1. The van der Waals surface area contributed by atoms with Gasteiger partial charge in [0.25, 0.3) is 0 Å². The zero-order valence-electron chi connectivity index (χ0n) is 10.1.